The predicted molar refractivity (Wildman–Crippen MR) is 102 cm³/mol. The normalized spacial score (nSPS) is 11.2. The molecular formula is C20H27N3O2. The van der Waals surface area contributed by atoms with Crippen LogP contribution in [0.15, 0.2) is 59.6 Å². The van der Waals surface area contributed by atoms with E-state index in [9.17, 15) is 0 Å². The second-order valence-corrected chi connectivity index (χ2v) is 5.50. The third-order valence-electron chi connectivity index (χ3n) is 3.56. The molecule has 0 aliphatic heterocycles. The molecule has 0 bridgehead atoms. The molecule has 0 amide bonds. The summed E-state index contributed by atoms with van der Waals surface area (Å²) in [5.41, 5.74) is 2.21. The molecule has 5 nitrogen and oxygen atoms in total. The zero-order valence-electron chi connectivity index (χ0n) is 15.0. The third kappa shape index (κ3) is 6.85. The standard InChI is InChI=1S/C20H27N3O2/c1-3-21-20(22-13-14-24-2)23-15-18-11-7-8-12-19(18)25-16-17-9-5-4-6-10-17/h4-12H,3,13-16H2,1-2H3,(H2,21,22,23). The molecule has 2 rings (SSSR count). The quantitative estimate of drug-likeness (QED) is 0.418. The lowest BCUT2D eigenvalue weighted by molar-refractivity contribution is 0.203. The van der Waals surface area contributed by atoms with Gasteiger partial charge < -0.3 is 20.1 Å². The maximum absolute atomic E-state index is 5.98. The van der Waals surface area contributed by atoms with E-state index < -0.39 is 0 Å². The van der Waals surface area contributed by atoms with Gasteiger partial charge in [0, 0.05) is 25.8 Å². The van der Waals surface area contributed by atoms with Crippen LogP contribution in [0, 0.1) is 0 Å². The summed E-state index contributed by atoms with van der Waals surface area (Å²) in [5, 5.41) is 6.47. The minimum atomic E-state index is 0.549. The smallest absolute Gasteiger partial charge is 0.191 e. The molecule has 0 saturated heterocycles. The van der Waals surface area contributed by atoms with E-state index in [4.69, 9.17) is 9.47 Å². The first-order valence-corrected chi connectivity index (χ1v) is 8.59. The summed E-state index contributed by atoms with van der Waals surface area (Å²) in [5.74, 6) is 1.64. The predicted octanol–water partition coefficient (Wildman–Crippen LogP) is 2.97. The van der Waals surface area contributed by atoms with Crippen LogP contribution in [-0.4, -0.2) is 32.8 Å². The number of nitrogens with one attached hydrogen (secondary N) is 2. The summed E-state index contributed by atoms with van der Waals surface area (Å²) >= 11 is 0. The maximum Gasteiger partial charge on any atom is 0.191 e. The van der Waals surface area contributed by atoms with E-state index in [2.05, 4.69) is 27.8 Å². The second kappa shape index (κ2) is 11.1. The van der Waals surface area contributed by atoms with Crippen molar-refractivity contribution < 1.29 is 9.47 Å². The van der Waals surface area contributed by atoms with Gasteiger partial charge in [-0.1, -0.05) is 48.5 Å². The first-order chi connectivity index (χ1) is 12.3. The highest BCUT2D eigenvalue weighted by molar-refractivity contribution is 5.79. The molecule has 0 saturated carbocycles. The molecule has 0 atom stereocenters. The molecule has 2 aromatic carbocycles. The minimum absolute atomic E-state index is 0.549. The summed E-state index contributed by atoms with van der Waals surface area (Å²) in [6.45, 7) is 5.31. The minimum Gasteiger partial charge on any atom is -0.489 e. The van der Waals surface area contributed by atoms with E-state index in [0.29, 0.717) is 26.3 Å². The number of aliphatic imine (C=N–C) groups is 1. The number of nitrogens with zero attached hydrogens (tertiary/aromatic N) is 1. The van der Waals surface area contributed by atoms with E-state index >= 15 is 0 Å². The Kier molecular flexibility index (Phi) is 8.35. The number of methoxy groups -OCH3 is 1. The summed E-state index contributed by atoms with van der Waals surface area (Å²) in [6.07, 6.45) is 0. The number of ether oxygens (including phenoxy) is 2. The van der Waals surface area contributed by atoms with Crippen LogP contribution in [0.2, 0.25) is 0 Å². The van der Waals surface area contributed by atoms with Gasteiger partial charge >= 0.3 is 0 Å². The van der Waals surface area contributed by atoms with E-state index in [1.165, 1.54) is 0 Å². The molecule has 0 aliphatic rings. The Morgan fingerprint density at radius 1 is 1.00 bits per heavy atom. The SMILES string of the molecule is CCNC(=NCc1ccccc1OCc1ccccc1)NCCOC. The van der Waals surface area contributed by atoms with E-state index in [-0.39, 0.29) is 0 Å². The molecule has 25 heavy (non-hydrogen) atoms. The molecule has 2 N–H and O–H groups in total. The van der Waals surface area contributed by atoms with Crippen molar-refractivity contribution in [1.82, 2.24) is 10.6 Å². The lowest BCUT2D eigenvalue weighted by atomic mass is 10.2. The van der Waals surface area contributed by atoms with Crippen molar-refractivity contribution in [2.24, 2.45) is 4.99 Å². The van der Waals surface area contributed by atoms with Gasteiger partial charge in [-0.3, -0.25) is 0 Å². The molecule has 5 heteroatoms. The van der Waals surface area contributed by atoms with Crippen LogP contribution in [-0.2, 0) is 17.9 Å². The van der Waals surface area contributed by atoms with E-state index in [1.807, 2.05) is 49.4 Å². The van der Waals surface area contributed by atoms with E-state index in [1.54, 1.807) is 7.11 Å². The number of rotatable bonds is 9. The topological polar surface area (TPSA) is 54.9 Å². The Labute approximate surface area is 150 Å². The first-order valence-electron chi connectivity index (χ1n) is 8.59. The van der Waals surface area contributed by atoms with Crippen molar-refractivity contribution in [3.05, 3.63) is 65.7 Å². The summed E-state index contributed by atoms with van der Waals surface area (Å²) < 4.78 is 11.0. The Morgan fingerprint density at radius 2 is 1.76 bits per heavy atom. The monoisotopic (exact) mass is 341 g/mol. The van der Waals surface area contributed by atoms with Gasteiger partial charge in [-0.05, 0) is 18.6 Å². The maximum atomic E-state index is 5.98. The summed E-state index contributed by atoms with van der Waals surface area (Å²) in [6, 6.07) is 18.2. The van der Waals surface area contributed by atoms with Gasteiger partial charge in [0.15, 0.2) is 5.96 Å². The number of para-hydroxylation sites is 1. The summed E-state index contributed by atoms with van der Waals surface area (Å²) in [4.78, 5) is 4.63. The van der Waals surface area contributed by atoms with Crippen molar-refractivity contribution in [1.29, 1.82) is 0 Å². The molecule has 0 unspecified atom stereocenters. The number of benzene rings is 2. The molecule has 2 aromatic rings. The van der Waals surface area contributed by atoms with Gasteiger partial charge in [0.05, 0.1) is 13.2 Å². The van der Waals surface area contributed by atoms with Gasteiger partial charge in [-0.2, -0.15) is 0 Å². The average molecular weight is 341 g/mol. The number of hydrogen-bond acceptors (Lipinski definition) is 3. The van der Waals surface area contributed by atoms with Crippen LogP contribution >= 0.6 is 0 Å². The molecule has 0 heterocycles. The van der Waals surface area contributed by atoms with Crippen LogP contribution < -0.4 is 15.4 Å². The highest BCUT2D eigenvalue weighted by atomic mass is 16.5. The van der Waals surface area contributed by atoms with Crippen LogP contribution in [0.25, 0.3) is 0 Å². The zero-order valence-corrected chi connectivity index (χ0v) is 15.0. The Bertz CT molecular complexity index is 644. The van der Waals surface area contributed by atoms with Crippen molar-refractivity contribution in [3.63, 3.8) is 0 Å². The van der Waals surface area contributed by atoms with Gasteiger partial charge in [0.1, 0.15) is 12.4 Å². The molecule has 134 valence electrons. The lowest BCUT2D eigenvalue weighted by Gasteiger charge is -2.13. The molecule has 0 radical (unpaired) electrons. The highest BCUT2D eigenvalue weighted by Gasteiger charge is 2.04. The molecule has 0 aliphatic carbocycles. The van der Waals surface area contributed by atoms with Crippen LogP contribution in [0.4, 0.5) is 0 Å². The van der Waals surface area contributed by atoms with Crippen molar-refractivity contribution in [3.8, 4) is 5.75 Å². The molecule has 0 spiro atoms. The van der Waals surface area contributed by atoms with Gasteiger partial charge in [0.25, 0.3) is 0 Å². The average Bonchev–Trinajstić information content (AvgIpc) is 2.66. The van der Waals surface area contributed by atoms with Crippen LogP contribution in [0.1, 0.15) is 18.1 Å². The Morgan fingerprint density at radius 3 is 2.52 bits per heavy atom. The second-order valence-electron chi connectivity index (χ2n) is 5.50. The molecule has 0 aromatic heterocycles. The Hall–Kier alpha value is -2.53. The number of guanidine groups is 1. The van der Waals surface area contributed by atoms with Crippen molar-refractivity contribution in [2.75, 3.05) is 26.8 Å². The van der Waals surface area contributed by atoms with Crippen molar-refractivity contribution >= 4 is 5.96 Å². The summed E-state index contributed by atoms with van der Waals surface area (Å²) in [7, 11) is 1.69. The van der Waals surface area contributed by atoms with Crippen LogP contribution in [0.5, 0.6) is 5.75 Å². The van der Waals surface area contributed by atoms with Gasteiger partial charge in [-0.25, -0.2) is 4.99 Å². The molecular weight excluding hydrogens is 314 g/mol. The van der Waals surface area contributed by atoms with Crippen molar-refractivity contribution in [2.45, 2.75) is 20.1 Å². The number of hydrogen-bond donors (Lipinski definition) is 2. The fourth-order valence-corrected chi connectivity index (χ4v) is 2.29. The Balaban J connectivity index is 1.99. The first kappa shape index (κ1) is 18.8. The third-order valence-corrected chi connectivity index (χ3v) is 3.56. The fourth-order valence-electron chi connectivity index (χ4n) is 2.29. The fraction of sp³-hybridized carbons (Fsp3) is 0.350. The van der Waals surface area contributed by atoms with E-state index in [0.717, 1.165) is 29.4 Å². The molecule has 0 fully saturated rings. The largest absolute Gasteiger partial charge is 0.489 e. The lowest BCUT2D eigenvalue weighted by Crippen LogP contribution is -2.38. The highest BCUT2D eigenvalue weighted by Crippen LogP contribution is 2.20. The van der Waals surface area contributed by atoms with Crippen LogP contribution in [0.3, 0.4) is 0 Å². The zero-order chi connectivity index (χ0) is 17.7. The van der Waals surface area contributed by atoms with Gasteiger partial charge in [-0.15, -0.1) is 0 Å². The van der Waals surface area contributed by atoms with Gasteiger partial charge in [0.2, 0.25) is 0 Å².